The van der Waals surface area contributed by atoms with Crippen LogP contribution in [0.2, 0.25) is 0 Å². The van der Waals surface area contributed by atoms with Gasteiger partial charge in [-0.3, -0.25) is 4.31 Å². The number of anilines is 2. The molecule has 0 aliphatic carbocycles. The molecule has 0 aliphatic heterocycles. The van der Waals surface area contributed by atoms with E-state index in [1.54, 1.807) is 26.1 Å². The maximum Gasteiger partial charge on any atom is 0.266 e. The summed E-state index contributed by atoms with van der Waals surface area (Å²) in [6.07, 6.45) is 0. The molecule has 21 heavy (non-hydrogen) atoms. The normalized spacial score (nSPS) is 11.4. The van der Waals surface area contributed by atoms with Crippen LogP contribution in [0.4, 0.5) is 11.4 Å². The molecule has 112 valence electrons. The van der Waals surface area contributed by atoms with Gasteiger partial charge in [0.15, 0.2) is 0 Å². The second kappa shape index (κ2) is 5.41. The number of rotatable bonds is 3. The van der Waals surface area contributed by atoms with Gasteiger partial charge in [-0.2, -0.15) is 0 Å². The molecule has 0 amide bonds. The summed E-state index contributed by atoms with van der Waals surface area (Å²) in [6.45, 7) is 5.58. The monoisotopic (exact) mass is 304 g/mol. The molecule has 0 saturated carbocycles. The number of sulfonamides is 1. The lowest BCUT2D eigenvalue weighted by atomic mass is 10.1. The highest BCUT2D eigenvalue weighted by Gasteiger charge is 2.26. The average molecular weight is 304 g/mol. The van der Waals surface area contributed by atoms with Crippen LogP contribution < -0.4 is 10.0 Å². The van der Waals surface area contributed by atoms with Crippen LogP contribution in [0.25, 0.3) is 0 Å². The van der Waals surface area contributed by atoms with E-state index >= 15 is 0 Å². The molecule has 2 aromatic carbocycles. The Morgan fingerprint density at radius 1 is 1.05 bits per heavy atom. The molecule has 0 fully saturated rings. The first-order chi connectivity index (χ1) is 9.75. The van der Waals surface area contributed by atoms with Gasteiger partial charge in [-0.1, -0.05) is 18.2 Å². The fourth-order valence-electron chi connectivity index (χ4n) is 2.25. The third-order valence-corrected chi connectivity index (χ3v) is 5.68. The molecule has 0 aromatic heterocycles. The molecule has 5 heteroatoms. The lowest BCUT2D eigenvalue weighted by Gasteiger charge is -2.22. The SMILES string of the molecule is Cc1cccc(N(C)S(=O)(=O)c2c(N)ccc(C)c2C)c1. The maximum absolute atomic E-state index is 12.9. The molecule has 4 nitrogen and oxygen atoms in total. The van der Waals surface area contributed by atoms with Crippen molar-refractivity contribution in [2.24, 2.45) is 0 Å². The number of benzene rings is 2. The summed E-state index contributed by atoms with van der Waals surface area (Å²) < 4.78 is 27.0. The van der Waals surface area contributed by atoms with E-state index in [-0.39, 0.29) is 10.6 Å². The smallest absolute Gasteiger partial charge is 0.266 e. The highest BCUT2D eigenvalue weighted by Crippen LogP contribution is 2.30. The molecule has 0 saturated heterocycles. The van der Waals surface area contributed by atoms with Gasteiger partial charge < -0.3 is 5.73 Å². The Morgan fingerprint density at radius 2 is 1.71 bits per heavy atom. The second-order valence-electron chi connectivity index (χ2n) is 5.24. The molecule has 0 atom stereocenters. The van der Waals surface area contributed by atoms with Gasteiger partial charge in [0.25, 0.3) is 10.0 Å². The summed E-state index contributed by atoms with van der Waals surface area (Å²) in [5.74, 6) is 0. The van der Waals surface area contributed by atoms with Crippen molar-refractivity contribution in [3.63, 3.8) is 0 Å². The fourth-order valence-corrected chi connectivity index (χ4v) is 3.83. The Bertz CT molecular complexity index is 783. The zero-order valence-corrected chi connectivity index (χ0v) is 13.5. The first-order valence-electron chi connectivity index (χ1n) is 6.66. The minimum absolute atomic E-state index is 0.187. The van der Waals surface area contributed by atoms with Crippen LogP contribution in [0.3, 0.4) is 0 Å². The minimum atomic E-state index is -3.68. The summed E-state index contributed by atoms with van der Waals surface area (Å²) >= 11 is 0. The molecule has 2 N–H and O–H groups in total. The Morgan fingerprint density at radius 3 is 2.33 bits per heavy atom. The summed E-state index contributed by atoms with van der Waals surface area (Å²) in [5.41, 5.74) is 9.41. The van der Waals surface area contributed by atoms with Gasteiger partial charge in [-0.05, 0) is 55.7 Å². The zero-order chi connectivity index (χ0) is 15.8. The molecule has 2 rings (SSSR count). The quantitative estimate of drug-likeness (QED) is 0.887. The van der Waals surface area contributed by atoms with Gasteiger partial charge in [-0.25, -0.2) is 8.42 Å². The standard InChI is InChI=1S/C16H20N2O2S/c1-11-6-5-7-14(10-11)18(4)21(19,20)16-13(3)12(2)8-9-15(16)17/h5-10H,17H2,1-4H3. The molecule has 0 unspecified atom stereocenters. The number of nitrogen functional groups attached to an aromatic ring is 1. The largest absolute Gasteiger partial charge is 0.398 e. The summed E-state index contributed by atoms with van der Waals surface area (Å²) in [5, 5.41) is 0. The van der Waals surface area contributed by atoms with Crippen molar-refractivity contribution in [2.75, 3.05) is 17.1 Å². The van der Waals surface area contributed by atoms with Gasteiger partial charge >= 0.3 is 0 Å². The number of hydrogen-bond acceptors (Lipinski definition) is 3. The van der Waals surface area contributed by atoms with E-state index in [9.17, 15) is 8.42 Å². The van der Waals surface area contributed by atoms with Crippen LogP contribution >= 0.6 is 0 Å². The van der Waals surface area contributed by atoms with Crippen molar-refractivity contribution < 1.29 is 8.42 Å². The third kappa shape index (κ3) is 2.74. The van der Waals surface area contributed by atoms with E-state index in [0.717, 1.165) is 11.1 Å². The van der Waals surface area contributed by atoms with Crippen LogP contribution in [-0.4, -0.2) is 15.5 Å². The average Bonchev–Trinajstić information content (AvgIpc) is 2.42. The van der Waals surface area contributed by atoms with Crippen LogP contribution in [0.15, 0.2) is 41.3 Å². The summed E-state index contributed by atoms with van der Waals surface area (Å²) in [7, 11) is -2.14. The molecular weight excluding hydrogens is 284 g/mol. The number of hydrogen-bond donors (Lipinski definition) is 1. The molecular formula is C16H20N2O2S. The van der Waals surface area contributed by atoms with Crippen molar-refractivity contribution >= 4 is 21.4 Å². The molecule has 0 spiro atoms. The molecule has 0 radical (unpaired) electrons. The maximum atomic E-state index is 12.9. The van der Waals surface area contributed by atoms with Gasteiger partial charge in [0.2, 0.25) is 0 Å². The Hall–Kier alpha value is -2.01. The van der Waals surface area contributed by atoms with Crippen molar-refractivity contribution in [1.82, 2.24) is 0 Å². The van der Waals surface area contributed by atoms with E-state index in [2.05, 4.69) is 0 Å². The van der Waals surface area contributed by atoms with Gasteiger partial charge in [0.05, 0.1) is 11.4 Å². The van der Waals surface area contributed by atoms with Crippen molar-refractivity contribution in [3.05, 3.63) is 53.1 Å². The van der Waals surface area contributed by atoms with Crippen LogP contribution in [0.1, 0.15) is 16.7 Å². The predicted molar refractivity (Wildman–Crippen MR) is 87.1 cm³/mol. The Labute approximate surface area is 126 Å². The Balaban J connectivity index is 2.60. The van der Waals surface area contributed by atoms with E-state index in [0.29, 0.717) is 11.3 Å². The fraction of sp³-hybridized carbons (Fsp3) is 0.250. The van der Waals surface area contributed by atoms with Crippen molar-refractivity contribution in [1.29, 1.82) is 0 Å². The topological polar surface area (TPSA) is 63.4 Å². The van der Waals surface area contributed by atoms with Crippen LogP contribution in [-0.2, 0) is 10.0 Å². The lowest BCUT2D eigenvalue weighted by molar-refractivity contribution is 0.594. The highest BCUT2D eigenvalue weighted by atomic mass is 32.2. The molecule has 0 heterocycles. The van der Waals surface area contributed by atoms with Crippen LogP contribution in [0, 0.1) is 20.8 Å². The van der Waals surface area contributed by atoms with Gasteiger partial charge in [0.1, 0.15) is 4.90 Å². The first-order valence-corrected chi connectivity index (χ1v) is 8.10. The summed E-state index contributed by atoms with van der Waals surface area (Å²) in [4.78, 5) is 0.187. The molecule has 0 bridgehead atoms. The van der Waals surface area contributed by atoms with E-state index in [4.69, 9.17) is 5.73 Å². The third-order valence-electron chi connectivity index (χ3n) is 3.69. The highest BCUT2D eigenvalue weighted by molar-refractivity contribution is 7.93. The predicted octanol–water partition coefficient (Wildman–Crippen LogP) is 3.02. The zero-order valence-electron chi connectivity index (χ0n) is 12.7. The van der Waals surface area contributed by atoms with Gasteiger partial charge in [-0.15, -0.1) is 0 Å². The Kier molecular flexibility index (Phi) is 3.96. The van der Waals surface area contributed by atoms with Gasteiger partial charge in [0, 0.05) is 7.05 Å². The van der Waals surface area contributed by atoms with E-state index < -0.39 is 10.0 Å². The number of nitrogens with zero attached hydrogens (tertiary/aromatic N) is 1. The number of nitrogens with two attached hydrogens (primary N) is 1. The lowest BCUT2D eigenvalue weighted by Crippen LogP contribution is -2.28. The van der Waals surface area contributed by atoms with E-state index in [1.807, 2.05) is 38.1 Å². The van der Waals surface area contributed by atoms with Crippen molar-refractivity contribution in [3.8, 4) is 0 Å². The first kappa shape index (κ1) is 15.4. The minimum Gasteiger partial charge on any atom is -0.398 e. The number of aryl methyl sites for hydroxylation is 2. The van der Waals surface area contributed by atoms with E-state index in [1.165, 1.54) is 4.31 Å². The molecule has 0 aliphatic rings. The summed E-state index contributed by atoms with van der Waals surface area (Å²) in [6, 6.07) is 10.8. The molecule has 2 aromatic rings. The second-order valence-corrected chi connectivity index (χ2v) is 7.14. The van der Waals surface area contributed by atoms with Crippen LogP contribution in [0.5, 0.6) is 0 Å². The van der Waals surface area contributed by atoms with Crippen molar-refractivity contribution in [2.45, 2.75) is 25.7 Å².